The highest BCUT2D eigenvalue weighted by Crippen LogP contribution is 2.52. The number of rotatable bonds is 5. The Kier molecular flexibility index (Phi) is 4.10. The van der Waals surface area contributed by atoms with Crippen LogP contribution in [0.15, 0.2) is 36.5 Å². The summed E-state index contributed by atoms with van der Waals surface area (Å²) < 4.78 is 8.15. The number of benzene rings is 1. The lowest BCUT2D eigenvalue weighted by Crippen LogP contribution is -2.26. The van der Waals surface area contributed by atoms with Gasteiger partial charge in [0.15, 0.2) is 5.65 Å². The molecule has 2 aromatic heterocycles. The highest BCUT2D eigenvalue weighted by atomic mass is 35.5. The number of ether oxygens (including phenoxy) is 1. The molecule has 1 aromatic carbocycles. The normalized spacial score (nSPS) is 24.3. The Labute approximate surface area is 163 Å². The number of likely N-dealkylation sites (tertiary alicyclic amines) is 1. The first-order valence-corrected chi connectivity index (χ1v) is 9.85. The van der Waals surface area contributed by atoms with Crippen LogP contribution in [-0.2, 0) is 13.6 Å². The van der Waals surface area contributed by atoms with E-state index in [1.807, 2.05) is 31.2 Å². The molecule has 1 unspecified atom stereocenters. The summed E-state index contributed by atoms with van der Waals surface area (Å²) in [7, 11) is 2.07. The van der Waals surface area contributed by atoms with Gasteiger partial charge in [-0.25, -0.2) is 9.97 Å². The molecule has 0 bridgehead atoms. The van der Waals surface area contributed by atoms with Crippen molar-refractivity contribution in [1.82, 2.24) is 19.4 Å². The first-order chi connectivity index (χ1) is 13.1. The molecule has 0 amide bonds. The fraction of sp³-hybridized carbons (Fsp3) is 0.429. The molecule has 0 radical (unpaired) electrons. The molecule has 3 heterocycles. The average molecular weight is 383 g/mol. The quantitative estimate of drug-likeness (QED) is 0.675. The van der Waals surface area contributed by atoms with Crippen LogP contribution in [0.1, 0.15) is 11.4 Å². The van der Waals surface area contributed by atoms with Crippen LogP contribution in [0.4, 0.5) is 0 Å². The molecule has 0 N–H and O–H groups in total. The average Bonchev–Trinajstić information content (AvgIpc) is 2.98. The predicted octanol–water partition coefficient (Wildman–Crippen LogP) is 3.69. The third kappa shape index (κ3) is 3.09. The third-order valence-electron chi connectivity index (χ3n) is 6.08. The van der Waals surface area contributed by atoms with E-state index >= 15 is 0 Å². The minimum Gasteiger partial charge on any atom is -0.492 e. The van der Waals surface area contributed by atoms with Crippen LogP contribution in [-0.4, -0.2) is 39.1 Å². The lowest BCUT2D eigenvalue weighted by atomic mass is 10.2. The van der Waals surface area contributed by atoms with Gasteiger partial charge in [-0.3, -0.25) is 4.90 Å². The summed E-state index contributed by atoms with van der Waals surface area (Å²) in [4.78, 5) is 11.6. The molecule has 27 heavy (non-hydrogen) atoms. The molecule has 1 saturated carbocycles. The Morgan fingerprint density at radius 1 is 1.22 bits per heavy atom. The zero-order valence-corrected chi connectivity index (χ0v) is 16.4. The lowest BCUT2D eigenvalue weighted by Gasteiger charge is -2.19. The van der Waals surface area contributed by atoms with Crippen molar-refractivity contribution in [1.29, 1.82) is 0 Å². The minimum atomic E-state index is 0.653. The van der Waals surface area contributed by atoms with Crippen LogP contribution >= 0.6 is 11.6 Å². The van der Waals surface area contributed by atoms with Crippen molar-refractivity contribution in [2.24, 2.45) is 24.8 Å². The monoisotopic (exact) mass is 382 g/mol. The van der Waals surface area contributed by atoms with Gasteiger partial charge in [0.05, 0.1) is 23.7 Å². The molecule has 2 fully saturated rings. The van der Waals surface area contributed by atoms with E-state index in [0.29, 0.717) is 10.9 Å². The van der Waals surface area contributed by atoms with Gasteiger partial charge in [-0.15, -0.1) is 0 Å². The van der Waals surface area contributed by atoms with E-state index in [4.69, 9.17) is 21.3 Å². The molecular weight excluding hydrogens is 360 g/mol. The van der Waals surface area contributed by atoms with Crippen LogP contribution in [0.25, 0.3) is 11.2 Å². The van der Waals surface area contributed by atoms with Gasteiger partial charge in [0.25, 0.3) is 0 Å². The zero-order valence-electron chi connectivity index (χ0n) is 15.6. The number of hydrogen-bond donors (Lipinski definition) is 0. The second-order valence-corrected chi connectivity index (χ2v) is 8.27. The SMILES string of the molecule is Cc1ccc(OCC2[C@H]3CN(Cc4nc5ncccc5n4C)C[C@@H]23)c(Cl)c1. The summed E-state index contributed by atoms with van der Waals surface area (Å²) in [6.45, 7) is 5.93. The second kappa shape index (κ2) is 6.50. The van der Waals surface area contributed by atoms with Crippen molar-refractivity contribution in [3.8, 4) is 5.75 Å². The summed E-state index contributed by atoms with van der Waals surface area (Å²) >= 11 is 6.27. The maximum absolute atomic E-state index is 6.27. The molecular formula is C21H23ClN4O. The first kappa shape index (κ1) is 17.0. The lowest BCUT2D eigenvalue weighted by molar-refractivity contribution is 0.226. The minimum absolute atomic E-state index is 0.653. The summed E-state index contributed by atoms with van der Waals surface area (Å²) in [5, 5.41) is 0.706. The first-order valence-electron chi connectivity index (χ1n) is 9.48. The Balaban J connectivity index is 1.17. The molecule has 140 valence electrons. The number of imidazole rings is 1. The Morgan fingerprint density at radius 2 is 2.04 bits per heavy atom. The molecule has 6 heteroatoms. The van der Waals surface area contributed by atoms with Crippen molar-refractivity contribution < 1.29 is 4.74 Å². The molecule has 1 saturated heterocycles. The van der Waals surface area contributed by atoms with Gasteiger partial charge in [0.1, 0.15) is 11.6 Å². The number of aryl methyl sites for hydroxylation is 2. The highest BCUT2D eigenvalue weighted by Gasteiger charge is 2.55. The van der Waals surface area contributed by atoms with Gasteiger partial charge in [-0.05, 0) is 48.6 Å². The summed E-state index contributed by atoms with van der Waals surface area (Å²) in [6, 6.07) is 10.0. The number of nitrogens with zero attached hydrogens (tertiary/aromatic N) is 4. The Bertz CT molecular complexity index is 989. The van der Waals surface area contributed by atoms with Crippen LogP contribution in [0.3, 0.4) is 0 Å². The van der Waals surface area contributed by atoms with Crippen molar-refractivity contribution in [3.05, 3.63) is 52.9 Å². The van der Waals surface area contributed by atoms with Gasteiger partial charge >= 0.3 is 0 Å². The van der Waals surface area contributed by atoms with Gasteiger partial charge in [-0.2, -0.15) is 0 Å². The summed E-state index contributed by atoms with van der Waals surface area (Å²) in [6.07, 6.45) is 1.80. The predicted molar refractivity (Wildman–Crippen MR) is 106 cm³/mol. The molecule has 0 spiro atoms. The maximum Gasteiger partial charge on any atom is 0.177 e. The van der Waals surface area contributed by atoms with E-state index in [1.54, 1.807) is 6.20 Å². The van der Waals surface area contributed by atoms with E-state index < -0.39 is 0 Å². The standard InChI is InChI=1S/C21H23ClN4O/c1-13-5-6-19(17(22)8-13)27-12-16-14-9-26(10-15(14)16)11-20-24-21-18(25(20)2)4-3-7-23-21/h3-8,14-16H,9-12H2,1-2H3/t14-,15+,16?. The maximum atomic E-state index is 6.27. The van der Waals surface area contributed by atoms with Crippen molar-refractivity contribution in [2.75, 3.05) is 19.7 Å². The molecule has 1 aliphatic carbocycles. The van der Waals surface area contributed by atoms with Crippen LogP contribution in [0.2, 0.25) is 5.02 Å². The fourth-order valence-electron chi connectivity index (χ4n) is 4.44. The second-order valence-electron chi connectivity index (χ2n) is 7.86. The summed E-state index contributed by atoms with van der Waals surface area (Å²) in [5.41, 5.74) is 3.09. The fourth-order valence-corrected chi connectivity index (χ4v) is 4.73. The largest absolute Gasteiger partial charge is 0.492 e. The molecule has 5 nitrogen and oxygen atoms in total. The van der Waals surface area contributed by atoms with Gasteiger partial charge in [0.2, 0.25) is 0 Å². The van der Waals surface area contributed by atoms with Crippen molar-refractivity contribution in [3.63, 3.8) is 0 Å². The van der Waals surface area contributed by atoms with Gasteiger partial charge in [0, 0.05) is 32.3 Å². The van der Waals surface area contributed by atoms with Crippen LogP contribution < -0.4 is 4.74 Å². The van der Waals surface area contributed by atoms with E-state index in [1.165, 1.54) is 0 Å². The van der Waals surface area contributed by atoms with Gasteiger partial charge in [-0.1, -0.05) is 17.7 Å². The number of pyridine rings is 1. The van der Waals surface area contributed by atoms with Crippen LogP contribution in [0.5, 0.6) is 5.75 Å². The number of aromatic nitrogens is 3. The molecule has 1 aliphatic heterocycles. The Morgan fingerprint density at radius 3 is 2.78 bits per heavy atom. The number of fused-ring (bicyclic) bond motifs is 2. The van der Waals surface area contributed by atoms with Crippen molar-refractivity contribution >= 4 is 22.8 Å². The zero-order chi connectivity index (χ0) is 18.5. The molecule has 3 aromatic rings. The highest BCUT2D eigenvalue weighted by molar-refractivity contribution is 6.32. The van der Waals surface area contributed by atoms with E-state index in [2.05, 4.69) is 27.6 Å². The number of piperidine rings is 1. The Hall–Kier alpha value is -2.11. The topological polar surface area (TPSA) is 43.2 Å². The van der Waals surface area contributed by atoms with Crippen LogP contribution in [0, 0.1) is 24.7 Å². The van der Waals surface area contributed by atoms with E-state index in [9.17, 15) is 0 Å². The van der Waals surface area contributed by atoms with E-state index in [-0.39, 0.29) is 0 Å². The molecule has 3 atom stereocenters. The third-order valence-corrected chi connectivity index (χ3v) is 6.38. The smallest absolute Gasteiger partial charge is 0.177 e. The summed E-state index contributed by atoms with van der Waals surface area (Å²) in [5.74, 6) is 4.02. The van der Waals surface area contributed by atoms with E-state index in [0.717, 1.165) is 66.4 Å². The number of hydrogen-bond acceptors (Lipinski definition) is 4. The van der Waals surface area contributed by atoms with Gasteiger partial charge < -0.3 is 9.30 Å². The van der Waals surface area contributed by atoms with Crippen molar-refractivity contribution in [2.45, 2.75) is 13.5 Å². The molecule has 2 aliphatic rings. The number of halogens is 1. The molecule has 5 rings (SSSR count).